The van der Waals surface area contributed by atoms with E-state index < -0.39 is 10.8 Å². The van der Waals surface area contributed by atoms with Gasteiger partial charge in [0, 0.05) is 24.7 Å². The first-order valence-corrected chi connectivity index (χ1v) is 9.22. The monoisotopic (exact) mass is 393 g/mol. The number of carbonyl (C=O) groups is 1. The third-order valence-electron chi connectivity index (χ3n) is 4.83. The van der Waals surface area contributed by atoms with E-state index in [9.17, 15) is 14.9 Å². The van der Waals surface area contributed by atoms with Crippen LogP contribution in [-0.4, -0.2) is 41.0 Å². The first-order chi connectivity index (χ1) is 14.1. The highest BCUT2D eigenvalue weighted by Crippen LogP contribution is 2.30. The van der Waals surface area contributed by atoms with Crippen LogP contribution in [0.2, 0.25) is 0 Å². The predicted molar refractivity (Wildman–Crippen MR) is 109 cm³/mol. The fourth-order valence-corrected chi connectivity index (χ4v) is 3.38. The van der Waals surface area contributed by atoms with Crippen LogP contribution in [0, 0.1) is 10.1 Å². The van der Waals surface area contributed by atoms with Crippen LogP contribution in [0.1, 0.15) is 23.2 Å². The molecular weight excluding hydrogens is 374 g/mol. The fraction of sp³-hybridized carbons (Fsp3) is 0.250. The van der Waals surface area contributed by atoms with Crippen LogP contribution in [0.25, 0.3) is 11.0 Å². The minimum atomic E-state index is -0.582. The van der Waals surface area contributed by atoms with Crippen LogP contribution >= 0.6 is 0 Å². The Bertz CT molecular complexity index is 1100. The molecule has 2 heterocycles. The van der Waals surface area contributed by atoms with Crippen molar-refractivity contribution in [2.45, 2.75) is 12.8 Å². The van der Waals surface area contributed by atoms with Crippen molar-refractivity contribution in [2.24, 2.45) is 0 Å². The Hall–Kier alpha value is -3.75. The van der Waals surface area contributed by atoms with E-state index >= 15 is 0 Å². The van der Waals surface area contributed by atoms with Crippen molar-refractivity contribution in [1.82, 2.24) is 9.97 Å². The first-order valence-electron chi connectivity index (χ1n) is 9.22. The van der Waals surface area contributed by atoms with E-state index in [0.717, 1.165) is 31.4 Å². The highest BCUT2D eigenvalue weighted by atomic mass is 16.6. The Balaban J connectivity index is 1.71. The van der Waals surface area contributed by atoms with Crippen molar-refractivity contribution in [1.29, 1.82) is 0 Å². The van der Waals surface area contributed by atoms with Gasteiger partial charge < -0.3 is 15.0 Å². The number of benzene rings is 2. The summed E-state index contributed by atoms with van der Waals surface area (Å²) >= 11 is 0. The molecule has 0 radical (unpaired) electrons. The van der Waals surface area contributed by atoms with E-state index in [-0.39, 0.29) is 17.0 Å². The van der Waals surface area contributed by atoms with E-state index in [4.69, 9.17) is 9.72 Å². The molecule has 3 aromatic rings. The second-order valence-electron chi connectivity index (χ2n) is 6.68. The Kier molecular flexibility index (Phi) is 4.94. The highest BCUT2D eigenvalue weighted by Gasteiger charge is 2.23. The van der Waals surface area contributed by atoms with Crippen molar-refractivity contribution in [3.05, 3.63) is 58.1 Å². The topological polar surface area (TPSA) is 110 Å². The second-order valence-corrected chi connectivity index (χ2v) is 6.68. The fourth-order valence-electron chi connectivity index (χ4n) is 3.38. The zero-order valence-corrected chi connectivity index (χ0v) is 15.8. The van der Waals surface area contributed by atoms with Crippen LogP contribution < -0.4 is 15.0 Å². The number of ether oxygens (including phenoxy) is 1. The molecule has 4 rings (SSSR count). The molecule has 0 unspecified atom stereocenters. The third kappa shape index (κ3) is 3.66. The van der Waals surface area contributed by atoms with Gasteiger partial charge in [0.25, 0.3) is 5.91 Å². The molecule has 0 bridgehead atoms. The molecule has 1 amide bonds. The van der Waals surface area contributed by atoms with E-state index in [1.54, 1.807) is 0 Å². The molecule has 29 heavy (non-hydrogen) atoms. The van der Waals surface area contributed by atoms with Gasteiger partial charge in [0.2, 0.25) is 0 Å². The van der Waals surface area contributed by atoms with Gasteiger partial charge in [-0.1, -0.05) is 12.1 Å². The smallest absolute Gasteiger partial charge is 0.311 e. The number of nitro benzene ring substituents is 1. The summed E-state index contributed by atoms with van der Waals surface area (Å²) < 4.78 is 4.99. The average molecular weight is 393 g/mol. The summed E-state index contributed by atoms with van der Waals surface area (Å²) in [5, 5.41) is 14.0. The van der Waals surface area contributed by atoms with Crippen LogP contribution in [0.15, 0.2) is 42.5 Å². The summed E-state index contributed by atoms with van der Waals surface area (Å²) in [6.07, 6.45) is 2.10. The largest absolute Gasteiger partial charge is 0.490 e. The molecule has 1 fully saturated rings. The molecular formula is C20H19N5O4. The zero-order valence-electron chi connectivity index (χ0n) is 15.8. The number of rotatable bonds is 5. The van der Waals surface area contributed by atoms with Crippen molar-refractivity contribution in [3.8, 4) is 5.75 Å². The molecule has 1 N–H and O–H groups in total. The Morgan fingerprint density at radius 2 is 1.83 bits per heavy atom. The predicted octanol–water partition coefficient (Wildman–Crippen LogP) is 3.40. The number of hydrogen-bond donors (Lipinski definition) is 1. The van der Waals surface area contributed by atoms with Gasteiger partial charge in [-0.05, 0) is 37.1 Å². The van der Waals surface area contributed by atoms with Gasteiger partial charge >= 0.3 is 5.69 Å². The maximum atomic E-state index is 12.8. The molecule has 9 heteroatoms. The minimum Gasteiger partial charge on any atom is -0.490 e. The summed E-state index contributed by atoms with van der Waals surface area (Å²) in [7, 11) is 1.34. The number of nitrogens with one attached hydrogen (secondary N) is 1. The molecule has 1 aromatic heterocycles. The number of para-hydroxylation sites is 2. The summed E-state index contributed by atoms with van der Waals surface area (Å²) in [4.78, 5) is 34.9. The minimum absolute atomic E-state index is 0.0924. The Labute approximate surface area is 166 Å². The molecule has 0 saturated carbocycles. The van der Waals surface area contributed by atoms with Crippen LogP contribution in [0.5, 0.6) is 5.75 Å². The van der Waals surface area contributed by atoms with E-state index in [1.807, 2.05) is 24.3 Å². The van der Waals surface area contributed by atoms with Crippen molar-refractivity contribution in [3.63, 3.8) is 0 Å². The van der Waals surface area contributed by atoms with E-state index in [2.05, 4.69) is 15.2 Å². The number of methoxy groups -OCH3 is 1. The molecule has 0 atom stereocenters. The average Bonchev–Trinajstić information content (AvgIpc) is 3.27. The molecule has 0 spiro atoms. The van der Waals surface area contributed by atoms with Crippen molar-refractivity contribution < 1.29 is 14.5 Å². The summed E-state index contributed by atoms with van der Waals surface area (Å²) in [5.74, 6) is 0.544. The lowest BCUT2D eigenvalue weighted by Gasteiger charge is -2.20. The number of nitro groups is 1. The molecule has 9 nitrogen and oxygen atoms in total. The number of hydrogen-bond acceptors (Lipinski definition) is 7. The molecule has 1 saturated heterocycles. The first kappa shape index (κ1) is 18.6. The van der Waals surface area contributed by atoms with Crippen molar-refractivity contribution in [2.75, 3.05) is 30.4 Å². The normalized spacial score (nSPS) is 13.5. The standard InChI is InChI=1S/C20H19N5O4/c1-29-17-9-8-13(12-16(17)25(27)28)20(26)23-18-19(24-10-4-5-11-24)22-15-7-3-2-6-14(15)21-18/h2-3,6-9,12H,4-5,10-11H2,1H3,(H,21,23,26). The Morgan fingerprint density at radius 3 is 2.48 bits per heavy atom. The lowest BCUT2D eigenvalue weighted by Crippen LogP contribution is -2.23. The number of anilines is 2. The van der Waals surface area contributed by atoms with Gasteiger partial charge in [-0.2, -0.15) is 0 Å². The van der Waals surface area contributed by atoms with E-state index in [0.29, 0.717) is 17.2 Å². The second kappa shape index (κ2) is 7.70. The highest BCUT2D eigenvalue weighted by molar-refractivity contribution is 6.06. The molecule has 148 valence electrons. The molecule has 2 aromatic carbocycles. The quantitative estimate of drug-likeness (QED) is 0.522. The van der Waals surface area contributed by atoms with Gasteiger partial charge in [0.05, 0.1) is 23.1 Å². The lowest BCUT2D eigenvalue weighted by atomic mass is 10.1. The Morgan fingerprint density at radius 1 is 1.14 bits per heavy atom. The number of amides is 1. The van der Waals surface area contributed by atoms with Gasteiger partial charge in [-0.15, -0.1) is 0 Å². The molecule has 1 aliphatic heterocycles. The van der Waals surface area contributed by atoms with Crippen molar-refractivity contribution >= 4 is 34.3 Å². The maximum Gasteiger partial charge on any atom is 0.311 e. The van der Waals surface area contributed by atoms with Crippen LogP contribution in [-0.2, 0) is 0 Å². The summed E-state index contributed by atoms with van der Waals surface area (Å²) in [6, 6.07) is 11.5. The van der Waals surface area contributed by atoms with Crippen LogP contribution in [0.4, 0.5) is 17.3 Å². The molecule has 0 aliphatic carbocycles. The SMILES string of the molecule is COc1ccc(C(=O)Nc2nc3ccccc3nc2N2CCCC2)cc1[N+](=O)[O-]. The number of fused-ring (bicyclic) bond motifs is 1. The number of nitrogens with zero attached hydrogens (tertiary/aromatic N) is 4. The maximum absolute atomic E-state index is 12.8. The van der Waals surface area contributed by atoms with Gasteiger partial charge in [-0.3, -0.25) is 14.9 Å². The molecule has 1 aliphatic rings. The number of carbonyl (C=O) groups excluding carboxylic acids is 1. The third-order valence-corrected chi connectivity index (χ3v) is 4.83. The number of aromatic nitrogens is 2. The zero-order chi connectivity index (χ0) is 20.4. The lowest BCUT2D eigenvalue weighted by molar-refractivity contribution is -0.385. The summed E-state index contributed by atoms with van der Waals surface area (Å²) in [5.41, 5.74) is 1.27. The van der Waals surface area contributed by atoms with E-state index in [1.165, 1.54) is 25.3 Å². The summed E-state index contributed by atoms with van der Waals surface area (Å²) in [6.45, 7) is 1.67. The van der Waals surface area contributed by atoms with Gasteiger partial charge in [0.1, 0.15) is 0 Å². The van der Waals surface area contributed by atoms with Crippen LogP contribution in [0.3, 0.4) is 0 Å². The van der Waals surface area contributed by atoms with Gasteiger partial charge in [-0.25, -0.2) is 9.97 Å². The van der Waals surface area contributed by atoms with Gasteiger partial charge in [0.15, 0.2) is 17.4 Å².